The van der Waals surface area contributed by atoms with Crippen LogP contribution in [0.4, 0.5) is 0 Å². The van der Waals surface area contributed by atoms with Gasteiger partial charge in [0.25, 0.3) is 0 Å². The van der Waals surface area contributed by atoms with E-state index in [1.165, 1.54) is 0 Å². The lowest BCUT2D eigenvalue weighted by Crippen LogP contribution is -2.61. The molecule has 73 heavy (non-hydrogen) atoms. The molecule has 1 fully saturated rings. The number of carbonyl (C=O) groups is 10. The third kappa shape index (κ3) is 17.8. The van der Waals surface area contributed by atoms with Gasteiger partial charge in [-0.25, -0.2) is 4.79 Å². The van der Waals surface area contributed by atoms with Crippen LogP contribution in [-0.2, 0) is 54.4 Å². The minimum atomic E-state index is -1.70. The summed E-state index contributed by atoms with van der Waals surface area (Å²) in [4.78, 5) is 139. The second kappa shape index (κ2) is 28.5. The second-order valence-electron chi connectivity index (χ2n) is 19.9. The molecule has 0 radical (unpaired) electrons. The molecule has 1 aliphatic rings. The SMILES string of the molecule is CC[C@H](C)[C@H](NC(=O)[C@H](CC(C)C)NC(=O)[C@@H](N)CO)C(=O)N[C@@H](CO)C(=O)N1CCC[C@H]1C(=O)N[C@@H](CC(N)=O)C(=O)N[C@@H](Cc1c[nH]c2ccccc12)C(=O)N[C@@H](CC(C)C)C(=O)N[C@H](C(=O)O)C(C)C. The molecule has 1 aromatic heterocycles. The van der Waals surface area contributed by atoms with Crippen molar-refractivity contribution in [3.63, 3.8) is 0 Å². The topological polar surface area (TPSA) is 387 Å². The van der Waals surface area contributed by atoms with Crippen LogP contribution in [0.2, 0.25) is 0 Å². The van der Waals surface area contributed by atoms with Crippen LogP contribution in [0.25, 0.3) is 10.9 Å². The molecule has 0 aliphatic carbocycles. The van der Waals surface area contributed by atoms with Gasteiger partial charge in [-0.2, -0.15) is 0 Å². The molecule has 1 aliphatic heterocycles. The molecule has 0 bridgehead atoms. The van der Waals surface area contributed by atoms with Crippen molar-refractivity contribution >= 4 is 70.0 Å². The largest absolute Gasteiger partial charge is 0.480 e. The van der Waals surface area contributed by atoms with Crippen molar-refractivity contribution in [3.05, 3.63) is 36.0 Å². The lowest BCUT2D eigenvalue weighted by molar-refractivity contribution is -0.144. The molecular weight excluding hydrogens is 951 g/mol. The fraction of sp³-hybridized carbons (Fsp3) is 0.633. The van der Waals surface area contributed by atoms with Gasteiger partial charge < -0.3 is 73.9 Å². The van der Waals surface area contributed by atoms with Gasteiger partial charge in [-0.05, 0) is 61.0 Å². The summed E-state index contributed by atoms with van der Waals surface area (Å²) >= 11 is 0. The molecule has 0 saturated carbocycles. The first-order chi connectivity index (χ1) is 34.3. The van der Waals surface area contributed by atoms with Gasteiger partial charge in [0, 0.05) is 30.1 Å². The summed E-state index contributed by atoms with van der Waals surface area (Å²) in [5.74, 6) is -10.3. The van der Waals surface area contributed by atoms with Gasteiger partial charge in [-0.3, -0.25) is 43.2 Å². The highest BCUT2D eigenvalue weighted by Crippen LogP contribution is 2.22. The number of carboxylic acid groups (broad SMARTS) is 1. The zero-order chi connectivity index (χ0) is 54.9. The van der Waals surface area contributed by atoms with E-state index in [0.29, 0.717) is 22.9 Å². The normalized spacial score (nSPS) is 17.3. The number of aliphatic hydroxyl groups excluding tert-OH is 2. The van der Waals surface area contributed by atoms with Crippen molar-refractivity contribution in [3.8, 4) is 0 Å². The van der Waals surface area contributed by atoms with Gasteiger partial charge in [0.15, 0.2) is 0 Å². The van der Waals surface area contributed by atoms with Crippen LogP contribution in [0.15, 0.2) is 30.5 Å². The quantitative estimate of drug-likeness (QED) is 0.0426. The van der Waals surface area contributed by atoms with E-state index in [4.69, 9.17) is 11.5 Å². The van der Waals surface area contributed by atoms with Gasteiger partial charge in [0.1, 0.15) is 54.4 Å². The van der Waals surface area contributed by atoms with E-state index >= 15 is 0 Å². The second-order valence-corrected chi connectivity index (χ2v) is 19.9. The Labute approximate surface area is 425 Å². The summed E-state index contributed by atoms with van der Waals surface area (Å²) in [5.41, 5.74) is 12.5. The van der Waals surface area contributed by atoms with Crippen molar-refractivity contribution in [2.24, 2.45) is 35.1 Å². The number of hydrogen-bond donors (Lipinski definition) is 13. The lowest BCUT2D eigenvalue weighted by atomic mass is 9.96. The maximum Gasteiger partial charge on any atom is 0.326 e. The Kier molecular flexibility index (Phi) is 23.7. The average molecular weight is 1030 g/mol. The summed E-state index contributed by atoms with van der Waals surface area (Å²) in [7, 11) is 0. The van der Waals surface area contributed by atoms with E-state index in [9.17, 15) is 63.3 Å². The Morgan fingerprint density at radius 3 is 1.75 bits per heavy atom. The first-order valence-electron chi connectivity index (χ1n) is 24.8. The fourth-order valence-electron chi connectivity index (χ4n) is 8.39. The van der Waals surface area contributed by atoms with E-state index in [-0.39, 0.29) is 50.5 Å². The van der Waals surface area contributed by atoms with E-state index in [0.717, 1.165) is 4.90 Å². The average Bonchev–Trinajstić information content (AvgIpc) is 3.99. The summed E-state index contributed by atoms with van der Waals surface area (Å²) in [6.07, 6.45) is 1.68. The molecule has 24 heteroatoms. The van der Waals surface area contributed by atoms with Crippen LogP contribution in [0, 0.1) is 23.7 Å². The number of nitrogens with two attached hydrogens (primary N) is 2. The highest BCUT2D eigenvalue weighted by Gasteiger charge is 2.41. The van der Waals surface area contributed by atoms with Crippen LogP contribution in [0.5, 0.6) is 0 Å². The van der Waals surface area contributed by atoms with Crippen LogP contribution in [0.1, 0.15) is 99.5 Å². The summed E-state index contributed by atoms with van der Waals surface area (Å²) < 4.78 is 0. The summed E-state index contributed by atoms with van der Waals surface area (Å²) in [5, 5.41) is 48.1. The first-order valence-corrected chi connectivity index (χ1v) is 24.8. The zero-order valence-corrected chi connectivity index (χ0v) is 43.0. The Bertz CT molecular complexity index is 2270. The van der Waals surface area contributed by atoms with E-state index in [2.05, 4.69) is 42.2 Å². The number of likely N-dealkylation sites (tertiary alicyclic amines) is 1. The van der Waals surface area contributed by atoms with Gasteiger partial charge in [0.2, 0.25) is 53.2 Å². The molecule has 0 unspecified atom stereocenters. The number of benzene rings is 1. The van der Waals surface area contributed by atoms with E-state index < -0.39 is 145 Å². The van der Waals surface area contributed by atoms with E-state index in [1.807, 2.05) is 13.8 Å². The molecule has 15 N–H and O–H groups in total. The maximum atomic E-state index is 14.3. The number of hydrogen-bond acceptors (Lipinski definition) is 13. The Morgan fingerprint density at radius 2 is 1.22 bits per heavy atom. The molecule has 10 atom stereocenters. The van der Waals surface area contributed by atoms with Crippen LogP contribution in [0.3, 0.4) is 0 Å². The lowest BCUT2D eigenvalue weighted by Gasteiger charge is -2.31. The number of aromatic amines is 1. The van der Waals surface area contributed by atoms with E-state index in [1.54, 1.807) is 72.0 Å². The number of aromatic nitrogens is 1. The third-order valence-corrected chi connectivity index (χ3v) is 12.6. The molecule has 3 rings (SSSR count). The van der Waals surface area contributed by atoms with Gasteiger partial charge in [0.05, 0.1) is 19.6 Å². The number of nitrogens with zero attached hydrogens (tertiary/aromatic N) is 1. The fourth-order valence-corrected chi connectivity index (χ4v) is 8.39. The molecule has 9 amide bonds. The first kappa shape index (κ1) is 60.6. The smallest absolute Gasteiger partial charge is 0.326 e. The van der Waals surface area contributed by atoms with Crippen molar-refractivity contribution in [1.82, 2.24) is 47.1 Å². The number of aliphatic carboxylic acids is 1. The van der Waals surface area contributed by atoms with Crippen LogP contribution >= 0.6 is 0 Å². The number of rotatable bonds is 29. The minimum absolute atomic E-state index is 0.0174. The predicted molar refractivity (Wildman–Crippen MR) is 267 cm³/mol. The Balaban J connectivity index is 1.88. The number of carboxylic acids is 1. The number of para-hydroxylation sites is 1. The molecule has 2 aromatic rings. The summed E-state index contributed by atoms with van der Waals surface area (Å²) in [6.45, 7) is 12.2. The molecule has 1 aromatic carbocycles. The van der Waals surface area contributed by atoms with Crippen molar-refractivity contribution in [2.75, 3.05) is 19.8 Å². The molecule has 2 heterocycles. The predicted octanol–water partition coefficient (Wildman–Crippen LogP) is -1.84. The van der Waals surface area contributed by atoms with Gasteiger partial charge in [-0.1, -0.05) is 80.0 Å². The molecule has 1 saturated heterocycles. The minimum Gasteiger partial charge on any atom is -0.480 e. The Morgan fingerprint density at radius 1 is 0.685 bits per heavy atom. The molecule has 0 spiro atoms. The Hall–Kier alpha value is -6.66. The molecular formula is C49H77N11O13. The monoisotopic (exact) mass is 1030 g/mol. The van der Waals surface area contributed by atoms with Gasteiger partial charge in [-0.15, -0.1) is 0 Å². The number of fused-ring (bicyclic) bond motifs is 1. The van der Waals surface area contributed by atoms with Crippen LogP contribution in [-0.4, -0.2) is 158 Å². The zero-order valence-electron chi connectivity index (χ0n) is 43.0. The van der Waals surface area contributed by atoms with Crippen molar-refractivity contribution < 1.29 is 63.3 Å². The molecule has 406 valence electrons. The number of aliphatic hydroxyl groups is 2. The highest BCUT2D eigenvalue weighted by atomic mass is 16.4. The number of carbonyl (C=O) groups excluding carboxylic acids is 9. The number of H-pyrrole nitrogens is 1. The standard InChI is InChI=1S/C49H77N11O13/c1-9-27(8)40(59-45(68)32(17-24(2)3)53-41(64)30(50)22-61)47(70)57-36(23-62)48(71)60-16-12-15-37(60)46(69)56-35(20-38(51)63)43(66)55-34(19-28-21-52-31-14-11-10-13-29(28)31)42(65)54-33(18-25(4)5)44(67)58-39(26(6)7)49(72)73/h10-11,13-14,21,24-27,30,32-37,39-40,52,61-62H,9,12,15-20,22-23,50H2,1-8H3,(H2,51,63)(H,53,64)(H,54,65)(H,55,66)(H,56,69)(H,57,70)(H,58,67)(H,59,68)(H,72,73)/t27-,30-,32-,33-,34-,35-,36-,37-,39-,40-/m0/s1. The van der Waals surface area contributed by atoms with Crippen LogP contribution < -0.4 is 48.7 Å². The maximum absolute atomic E-state index is 14.3. The number of amides is 9. The molecule has 24 nitrogen and oxygen atoms in total. The van der Waals surface area contributed by atoms with Gasteiger partial charge >= 0.3 is 5.97 Å². The number of nitrogens with one attached hydrogen (secondary N) is 8. The third-order valence-electron chi connectivity index (χ3n) is 12.6. The highest BCUT2D eigenvalue weighted by molar-refractivity contribution is 5.99. The van der Waals surface area contributed by atoms with Crippen molar-refractivity contribution in [1.29, 1.82) is 0 Å². The van der Waals surface area contributed by atoms with Crippen molar-refractivity contribution in [2.45, 2.75) is 155 Å². The number of primary amides is 1. The summed E-state index contributed by atoms with van der Waals surface area (Å²) in [6, 6.07) is -5.12.